The zero-order valence-corrected chi connectivity index (χ0v) is 16.4. The van der Waals surface area contributed by atoms with Crippen molar-refractivity contribution < 1.29 is 14.6 Å². The van der Waals surface area contributed by atoms with Gasteiger partial charge in [0.25, 0.3) is 0 Å². The first-order valence-corrected chi connectivity index (χ1v) is 9.46. The number of rotatable bonds is 9. The van der Waals surface area contributed by atoms with Crippen LogP contribution >= 0.6 is 0 Å². The average molecular weight is 368 g/mol. The normalized spacial score (nSPS) is 11.1. The van der Waals surface area contributed by atoms with Crippen molar-refractivity contribution in [2.24, 2.45) is 0 Å². The van der Waals surface area contributed by atoms with E-state index in [1.807, 2.05) is 24.3 Å². The second kappa shape index (κ2) is 8.91. The van der Waals surface area contributed by atoms with E-state index in [9.17, 15) is 5.11 Å². The predicted molar refractivity (Wildman–Crippen MR) is 108 cm³/mol. The molecule has 5 nitrogen and oxygen atoms in total. The summed E-state index contributed by atoms with van der Waals surface area (Å²) in [5, 5.41) is 9.19. The highest BCUT2D eigenvalue weighted by atomic mass is 16.5. The van der Waals surface area contributed by atoms with Crippen LogP contribution in [0.1, 0.15) is 29.8 Å². The summed E-state index contributed by atoms with van der Waals surface area (Å²) in [7, 11) is 1.66. The van der Waals surface area contributed by atoms with Crippen molar-refractivity contribution in [1.29, 1.82) is 0 Å². The molecule has 0 atom stereocenters. The molecule has 1 N–H and O–H groups in total. The van der Waals surface area contributed by atoms with E-state index in [-0.39, 0.29) is 6.61 Å². The van der Waals surface area contributed by atoms with Gasteiger partial charge in [-0.15, -0.1) is 0 Å². The van der Waals surface area contributed by atoms with E-state index in [4.69, 9.17) is 14.5 Å². The SMILES string of the molecule is COc1ccc(OCCCn2c(CCCO)nc3cc(C)c(C)cc32)cc1. The Labute approximate surface area is 160 Å². The summed E-state index contributed by atoms with van der Waals surface area (Å²) in [4.78, 5) is 4.81. The molecule has 0 saturated heterocycles. The lowest BCUT2D eigenvalue weighted by Crippen LogP contribution is -2.08. The molecule has 144 valence electrons. The summed E-state index contributed by atoms with van der Waals surface area (Å²) in [6, 6.07) is 12.0. The van der Waals surface area contributed by atoms with Gasteiger partial charge in [-0.3, -0.25) is 0 Å². The van der Waals surface area contributed by atoms with Crippen molar-refractivity contribution in [2.45, 2.75) is 39.7 Å². The van der Waals surface area contributed by atoms with E-state index in [1.54, 1.807) is 7.11 Å². The first-order chi connectivity index (χ1) is 13.1. The van der Waals surface area contributed by atoms with Crippen LogP contribution in [0, 0.1) is 13.8 Å². The average Bonchev–Trinajstić information content (AvgIpc) is 3.00. The largest absolute Gasteiger partial charge is 0.497 e. The maximum atomic E-state index is 9.19. The molecule has 2 aromatic carbocycles. The first kappa shape index (κ1) is 19.2. The number of methoxy groups -OCH3 is 1. The van der Waals surface area contributed by atoms with Gasteiger partial charge >= 0.3 is 0 Å². The van der Waals surface area contributed by atoms with Crippen molar-refractivity contribution in [3.8, 4) is 11.5 Å². The Morgan fingerprint density at radius 1 is 1.00 bits per heavy atom. The third kappa shape index (κ3) is 4.61. The highest BCUT2D eigenvalue weighted by Crippen LogP contribution is 2.22. The lowest BCUT2D eigenvalue weighted by Gasteiger charge is -2.11. The molecular formula is C22H28N2O3. The van der Waals surface area contributed by atoms with Crippen LogP contribution in [0.25, 0.3) is 11.0 Å². The number of aliphatic hydroxyl groups is 1. The number of ether oxygens (including phenoxy) is 2. The zero-order valence-electron chi connectivity index (χ0n) is 16.4. The molecule has 0 aliphatic carbocycles. The molecule has 5 heteroatoms. The Balaban J connectivity index is 1.69. The Bertz CT molecular complexity index is 885. The number of aliphatic hydroxyl groups excluding tert-OH is 1. The molecule has 3 rings (SSSR count). The van der Waals surface area contributed by atoms with Gasteiger partial charge in [-0.05, 0) is 74.2 Å². The van der Waals surface area contributed by atoms with Crippen LogP contribution in [-0.4, -0.2) is 35.0 Å². The van der Waals surface area contributed by atoms with Gasteiger partial charge in [0.2, 0.25) is 0 Å². The van der Waals surface area contributed by atoms with Crippen molar-refractivity contribution in [3.05, 3.63) is 53.3 Å². The first-order valence-electron chi connectivity index (χ1n) is 9.46. The minimum absolute atomic E-state index is 0.182. The molecule has 1 heterocycles. The standard InChI is InChI=1S/C22H28N2O3/c1-16-14-20-21(15-17(16)2)24(22(23-20)6-4-12-25)11-5-13-27-19-9-7-18(26-3)8-10-19/h7-10,14-15,25H,4-6,11-13H2,1-3H3. The summed E-state index contributed by atoms with van der Waals surface area (Å²) in [5.74, 6) is 2.71. The monoisotopic (exact) mass is 368 g/mol. The van der Waals surface area contributed by atoms with Gasteiger partial charge in [-0.25, -0.2) is 4.98 Å². The molecule has 0 amide bonds. The molecule has 0 spiro atoms. The maximum absolute atomic E-state index is 9.19. The number of aryl methyl sites for hydroxylation is 4. The predicted octanol–water partition coefficient (Wildman–Crippen LogP) is 4.06. The topological polar surface area (TPSA) is 56.5 Å². The van der Waals surface area contributed by atoms with Crippen molar-refractivity contribution in [1.82, 2.24) is 9.55 Å². The Kier molecular flexibility index (Phi) is 6.35. The number of aromatic nitrogens is 2. The third-order valence-corrected chi connectivity index (χ3v) is 4.86. The summed E-state index contributed by atoms with van der Waals surface area (Å²) >= 11 is 0. The molecule has 0 bridgehead atoms. The van der Waals surface area contributed by atoms with Crippen LogP contribution in [0.4, 0.5) is 0 Å². The van der Waals surface area contributed by atoms with E-state index < -0.39 is 0 Å². The molecule has 0 aliphatic heterocycles. The van der Waals surface area contributed by atoms with Gasteiger partial charge in [0.05, 0.1) is 24.8 Å². The molecule has 0 radical (unpaired) electrons. The van der Waals surface area contributed by atoms with Crippen molar-refractivity contribution in [2.75, 3.05) is 20.3 Å². The fourth-order valence-electron chi connectivity index (χ4n) is 3.19. The third-order valence-electron chi connectivity index (χ3n) is 4.86. The van der Waals surface area contributed by atoms with Gasteiger partial charge in [-0.1, -0.05) is 0 Å². The van der Waals surface area contributed by atoms with E-state index in [2.05, 4.69) is 30.5 Å². The summed E-state index contributed by atoms with van der Waals surface area (Å²) in [6.45, 7) is 5.91. The van der Waals surface area contributed by atoms with Gasteiger partial charge < -0.3 is 19.1 Å². The van der Waals surface area contributed by atoms with E-state index in [0.717, 1.165) is 54.2 Å². The molecule has 0 unspecified atom stereocenters. The summed E-state index contributed by atoms with van der Waals surface area (Å²) in [5.41, 5.74) is 4.72. The van der Waals surface area contributed by atoms with Crippen molar-refractivity contribution in [3.63, 3.8) is 0 Å². The highest BCUT2D eigenvalue weighted by molar-refractivity contribution is 5.78. The summed E-state index contributed by atoms with van der Waals surface area (Å²) in [6.07, 6.45) is 2.39. The van der Waals surface area contributed by atoms with Gasteiger partial charge in [0.15, 0.2) is 0 Å². The molecule has 0 saturated carbocycles. The molecule has 3 aromatic rings. The molecule has 27 heavy (non-hydrogen) atoms. The molecule has 0 aliphatic rings. The van der Waals surface area contributed by atoms with Crippen LogP contribution < -0.4 is 9.47 Å². The van der Waals surface area contributed by atoms with Gasteiger partial charge in [-0.2, -0.15) is 0 Å². The van der Waals surface area contributed by atoms with Gasteiger partial charge in [0, 0.05) is 19.6 Å². The number of imidazole rings is 1. The highest BCUT2D eigenvalue weighted by Gasteiger charge is 2.12. The molecular weight excluding hydrogens is 340 g/mol. The quantitative estimate of drug-likeness (QED) is 0.579. The number of fused-ring (bicyclic) bond motifs is 1. The van der Waals surface area contributed by atoms with E-state index >= 15 is 0 Å². The molecule has 1 aromatic heterocycles. The number of hydrogen-bond donors (Lipinski definition) is 1. The van der Waals surface area contributed by atoms with Crippen LogP contribution in [-0.2, 0) is 13.0 Å². The summed E-state index contributed by atoms with van der Waals surface area (Å²) < 4.78 is 13.3. The van der Waals surface area contributed by atoms with E-state index in [1.165, 1.54) is 11.1 Å². The van der Waals surface area contributed by atoms with Crippen LogP contribution in [0.2, 0.25) is 0 Å². The minimum Gasteiger partial charge on any atom is -0.497 e. The maximum Gasteiger partial charge on any atom is 0.119 e. The number of hydrogen-bond acceptors (Lipinski definition) is 4. The molecule has 0 fully saturated rings. The second-order valence-corrected chi connectivity index (χ2v) is 6.81. The van der Waals surface area contributed by atoms with Crippen LogP contribution in [0.3, 0.4) is 0 Å². The zero-order chi connectivity index (χ0) is 19.2. The number of nitrogens with zero attached hydrogens (tertiary/aromatic N) is 2. The van der Waals surface area contributed by atoms with Crippen LogP contribution in [0.5, 0.6) is 11.5 Å². The van der Waals surface area contributed by atoms with E-state index in [0.29, 0.717) is 6.61 Å². The van der Waals surface area contributed by atoms with Crippen molar-refractivity contribution >= 4 is 11.0 Å². The second-order valence-electron chi connectivity index (χ2n) is 6.81. The smallest absolute Gasteiger partial charge is 0.119 e. The fourth-order valence-corrected chi connectivity index (χ4v) is 3.19. The minimum atomic E-state index is 0.182. The Morgan fingerprint density at radius 2 is 1.70 bits per heavy atom. The lowest BCUT2D eigenvalue weighted by atomic mass is 10.1. The number of benzene rings is 2. The van der Waals surface area contributed by atoms with Crippen LogP contribution in [0.15, 0.2) is 36.4 Å². The fraction of sp³-hybridized carbons (Fsp3) is 0.409. The lowest BCUT2D eigenvalue weighted by molar-refractivity contribution is 0.285. The van der Waals surface area contributed by atoms with Gasteiger partial charge in [0.1, 0.15) is 17.3 Å². The Morgan fingerprint density at radius 3 is 2.41 bits per heavy atom. The Hall–Kier alpha value is -2.53.